The number of hydrogen-bond donors (Lipinski definition) is 0. The first-order valence-corrected chi connectivity index (χ1v) is 6.49. The van der Waals surface area contributed by atoms with Gasteiger partial charge in [0.2, 0.25) is 0 Å². The van der Waals surface area contributed by atoms with Gasteiger partial charge >= 0.3 is 0 Å². The predicted octanol–water partition coefficient (Wildman–Crippen LogP) is 3.13. The van der Waals surface area contributed by atoms with Crippen molar-refractivity contribution in [3.8, 4) is 0 Å². The summed E-state index contributed by atoms with van der Waals surface area (Å²) in [6, 6.07) is 7.41. The molecule has 0 atom stereocenters. The smallest absolute Gasteiger partial charge is 0.185 e. The second kappa shape index (κ2) is 5.09. The zero-order chi connectivity index (χ0) is 11.5. The van der Waals surface area contributed by atoms with Crippen LogP contribution in [-0.4, -0.2) is 15.6 Å². The first-order valence-electron chi connectivity index (χ1n) is 4.62. The monoisotopic (exact) mass is 390 g/mol. The second-order valence-corrected chi connectivity index (χ2v) is 5.36. The highest BCUT2D eigenvalue weighted by Crippen LogP contribution is 2.17. The molecule has 1 aromatic heterocycles. The van der Waals surface area contributed by atoms with Gasteiger partial charge in [-0.3, -0.25) is 9.48 Å². The van der Waals surface area contributed by atoms with E-state index in [1.807, 2.05) is 24.4 Å². The zero-order valence-corrected chi connectivity index (χ0v) is 12.0. The number of carbonyl (C=O) groups is 1. The van der Waals surface area contributed by atoms with E-state index in [9.17, 15) is 4.79 Å². The summed E-state index contributed by atoms with van der Waals surface area (Å²) in [7, 11) is 0. The number of aromatic nitrogens is 2. The summed E-state index contributed by atoms with van der Waals surface area (Å²) < 4.78 is 3.49. The van der Waals surface area contributed by atoms with E-state index in [1.165, 1.54) is 0 Å². The van der Waals surface area contributed by atoms with Crippen LogP contribution in [-0.2, 0) is 6.54 Å². The summed E-state index contributed by atoms with van der Waals surface area (Å²) in [5.41, 5.74) is 0.688. The van der Waals surface area contributed by atoms with Gasteiger partial charge in [-0.1, -0.05) is 34.1 Å². The third-order valence-electron chi connectivity index (χ3n) is 2.08. The maximum absolute atomic E-state index is 12.0. The maximum atomic E-state index is 12.0. The molecule has 2 aromatic rings. The SMILES string of the molecule is O=C(Cn1cc(I)cn1)c1ccccc1Br. The normalized spacial score (nSPS) is 10.4. The summed E-state index contributed by atoms with van der Waals surface area (Å²) in [6.45, 7) is 0.269. The van der Waals surface area contributed by atoms with Crippen LogP contribution >= 0.6 is 38.5 Å². The summed E-state index contributed by atoms with van der Waals surface area (Å²) in [4.78, 5) is 12.0. The summed E-state index contributed by atoms with van der Waals surface area (Å²) in [6.07, 6.45) is 3.57. The molecule has 0 aliphatic heterocycles. The van der Waals surface area contributed by atoms with Crippen molar-refractivity contribution in [3.05, 3.63) is 50.3 Å². The molecular formula is C11H8BrIN2O. The Hall–Kier alpha value is -0.690. The summed E-state index contributed by atoms with van der Waals surface area (Å²) in [5.74, 6) is 0.0481. The molecule has 0 spiro atoms. The topological polar surface area (TPSA) is 34.9 Å². The van der Waals surface area contributed by atoms with Crippen LogP contribution in [0.5, 0.6) is 0 Å². The maximum Gasteiger partial charge on any atom is 0.185 e. The molecule has 82 valence electrons. The number of benzene rings is 1. The van der Waals surface area contributed by atoms with Crippen molar-refractivity contribution in [1.82, 2.24) is 9.78 Å². The third kappa shape index (κ3) is 2.70. The number of ketones is 1. The van der Waals surface area contributed by atoms with Gasteiger partial charge in [-0.2, -0.15) is 5.10 Å². The van der Waals surface area contributed by atoms with Crippen molar-refractivity contribution >= 4 is 44.3 Å². The van der Waals surface area contributed by atoms with Crippen LogP contribution in [0.2, 0.25) is 0 Å². The van der Waals surface area contributed by atoms with Crippen LogP contribution in [0.25, 0.3) is 0 Å². The minimum absolute atomic E-state index is 0.0481. The molecule has 0 amide bonds. The van der Waals surface area contributed by atoms with Gasteiger partial charge < -0.3 is 0 Å². The molecule has 0 saturated carbocycles. The van der Waals surface area contributed by atoms with Crippen LogP contribution < -0.4 is 0 Å². The Labute approximate surface area is 115 Å². The fourth-order valence-corrected chi connectivity index (χ4v) is 2.30. The molecular weight excluding hydrogens is 383 g/mol. The number of rotatable bonds is 3. The van der Waals surface area contributed by atoms with Crippen LogP contribution in [0.1, 0.15) is 10.4 Å². The lowest BCUT2D eigenvalue weighted by molar-refractivity contribution is 0.0967. The van der Waals surface area contributed by atoms with Gasteiger partial charge in [0.1, 0.15) is 6.54 Å². The molecule has 3 nitrogen and oxygen atoms in total. The zero-order valence-electron chi connectivity index (χ0n) is 8.23. The Kier molecular flexibility index (Phi) is 3.75. The lowest BCUT2D eigenvalue weighted by Gasteiger charge is -2.03. The van der Waals surface area contributed by atoms with E-state index >= 15 is 0 Å². The van der Waals surface area contributed by atoms with E-state index in [1.54, 1.807) is 16.9 Å². The first kappa shape index (κ1) is 11.8. The Morgan fingerprint density at radius 1 is 1.44 bits per heavy atom. The molecule has 16 heavy (non-hydrogen) atoms. The van der Waals surface area contributed by atoms with E-state index in [0.717, 1.165) is 8.04 Å². The third-order valence-corrected chi connectivity index (χ3v) is 3.33. The van der Waals surface area contributed by atoms with Crippen LogP contribution in [0.4, 0.5) is 0 Å². The molecule has 0 saturated heterocycles. The molecule has 0 bridgehead atoms. The fourth-order valence-electron chi connectivity index (χ4n) is 1.34. The Balaban J connectivity index is 2.18. The number of halogens is 2. The van der Waals surface area contributed by atoms with Gasteiger partial charge in [0, 0.05) is 16.2 Å². The molecule has 1 heterocycles. The van der Waals surface area contributed by atoms with Crippen molar-refractivity contribution < 1.29 is 4.79 Å². The van der Waals surface area contributed by atoms with Gasteiger partial charge in [0.25, 0.3) is 0 Å². The molecule has 0 unspecified atom stereocenters. The average Bonchev–Trinajstić information content (AvgIpc) is 2.64. The Morgan fingerprint density at radius 3 is 2.81 bits per heavy atom. The molecule has 0 N–H and O–H groups in total. The first-order chi connectivity index (χ1) is 7.66. The Morgan fingerprint density at radius 2 is 2.19 bits per heavy atom. The number of Topliss-reactive ketones (excluding diaryl/α,β-unsaturated/α-hetero) is 1. The highest BCUT2D eigenvalue weighted by Gasteiger charge is 2.10. The fraction of sp³-hybridized carbons (Fsp3) is 0.0909. The quantitative estimate of drug-likeness (QED) is 0.596. The van der Waals surface area contributed by atoms with Crippen LogP contribution in [0.15, 0.2) is 41.1 Å². The lowest BCUT2D eigenvalue weighted by Crippen LogP contribution is -2.11. The van der Waals surface area contributed by atoms with Gasteiger partial charge in [-0.15, -0.1) is 0 Å². The number of nitrogens with zero attached hydrogens (tertiary/aromatic N) is 2. The van der Waals surface area contributed by atoms with Crippen LogP contribution in [0, 0.1) is 3.57 Å². The van der Waals surface area contributed by atoms with Crippen LogP contribution in [0.3, 0.4) is 0 Å². The number of hydrogen-bond acceptors (Lipinski definition) is 2. The molecule has 0 radical (unpaired) electrons. The predicted molar refractivity (Wildman–Crippen MR) is 73.4 cm³/mol. The molecule has 0 fully saturated rings. The van der Waals surface area contributed by atoms with Gasteiger partial charge in [0.15, 0.2) is 5.78 Å². The summed E-state index contributed by atoms with van der Waals surface area (Å²) >= 11 is 5.53. The molecule has 0 aliphatic carbocycles. The minimum atomic E-state index is 0.0481. The van der Waals surface area contributed by atoms with E-state index in [0.29, 0.717) is 5.56 Å². The van der Waals surface area contributed by atoms with Crippen molar-refractivity contribution in [3.63, 3.8) is 0 Å². The standard InChI is InChI=1S/C11H8BrIN2O/c12-10-4-2-1-3-9(10)11(16)7-15-6-8(13)5-14-15/h1-6H,7H2. The van der Waals surface area contributed by atoms with E-state index in [4.69, 9.17) is 0 Å². The second-order valence-electron chi connectivity index (χ2n) is 3.26. The van der Waals surface area contributed by atoms with E-state index in [-0.39, 0.29) is 12.3 Å². The van der Waals surface area contributed by atoms with Gasteiger partial charge in [-0.25, -0.2) is 0 Å². The average molecular weight is 391 g/mol. The largest absolute Gasteiger partial charge is 0.292 e. The van der Waals surface area contributed by atoms with E-state index < -0.39 is 0 Å². The molecule has 0 aliphatic rings. The van der Waals surface area contributed by atoms with Crippen molar-refractivity contribution in [2.24, 2.45) is 0 Å². The van der Waals surface area contributed by atoms with Gasteiger partial charge in [0.05, 0.1) is 9.77 Å². The highest BCUT2D eigenvalue weighted by atomic mass is 127. The highest BCUT2D eigenvalue weighted by molar-refractivity contribution is 14.1. The molecule has 1 aromatic carbocycles. The van der Waals surface area contributed by atoms with Crippen molar-refractivity contribution in [2.75, 3.05) is 0 Å². The molecule has 5 heteroatoms. The van der Waals surface area contributed by atoms with Crippen molar-refractivity contribution in [2.45, 2.75) is 6.54 Å². The minimum Gasteiger partial charge on any atom is -0.292 e. The lowest BCUT2D eigenvalue weighted by atomic mass is 10.1. The Bertz CT molecular complexity index is 524. The molecule has 2 rings (SSSR count). The summed E-state index contributed by atoms with van der Waals surface area (Å²) in [5, 5.41) is 4.08. The van der Waals surface area contributed by atoms with Crippen molar-refractivity contribution in [1.29, 1.82) is 0 Å². The number of carbonyl (C=O) groups excluding carboxylic acids is 1. The van der Waals surface area contributed by atoms with Gasteiger partial charge in [-0.05, 0) is 28.7 Å². The van der Waals surface area contributed by atoms with E-state index in [2.05, 4.69) is 43.6 Å².